The third kappa shape index (κ3) is 3.07. The Morgan fingerprint density at radius 3 is 2.70 bits per heavy atom. The number of methoxy groups -OCH3 is 2. The monoisotopic (exact) mass is 280 g/mol. The zero-order valence-corrected chi connectivity index (χ0v) is 12.9. The molecule has 1 aliphatic heterocycles. The van der Waals surface area contributed by atoms with E-state index in [0.717, 1.165) is 17.1 Å². The normalized spacial score (nSPS) is 25.8. The van der Waals surface area contributed by atoms with Gasteiger partial charge in [0.05, 0.1) is 18.8 Å². The van der Waals surface area contributed by atoms with Crippen molar-refractivity contribution in [1.29, 1.82) is 0 Å². The lowest BCUT2D eigenvalue weighted by atomic mass is 9.82. The minimum Gasteiger partial charge on any atom is -0.497 e. The van der Waals surface area contributed by atoms with E-state index in [0.29, 0.717) is 12.8 Å². The Morgan fingerprint density at radius 2 is 2.10 bits per heavy atom. The van der Waals surface area contributed by atoms with Crippen LogP contribution in [0.5, 0.6) is 11.5 Å². The van der Waals surface area contributed by atoms with Gasteiger partial charge in [0.2, 0.25) is 0 Å². The van der Waals surface area contributed by atoms with Crippen molar-refractivity contribution in [3.8, 4) is 11.5 Å². The summed E-state index contributed by atoms with van der Waals surface area (Å²) in [7, 11) is 3.31. The predicted octanol–water partition coefficient (Wildman–Crippen LogP) is 3.08. The summed E-state index contributed by atoms with van der Waals surface area (Å²) in [5.41, 5.74) is 0.0518. The van der Waals surface area contributed by atoms with Gasteiger partial charge >= 0.3 is 0 Å². The molecule has 4 heteroatoms. The third-order valence-electron chi connectivity index (χ3n) is 3.91. The van der Waals surface area contributed by atoms with Crippen LogP contribution in [0.4, 0.5) is 0 Å². The van der Waals surface area contributed by atoms with Gasteiger partial charge in [0.15, 0.2) is 0 Å². The van der Waals surface area contributed by atoms with E-state index in [1.165, 1.54) is 0 Å². The second-order valence-electron chi connectivity index (χ2n) is 6.32. The van der Waals surface area contributed by atoms with Crippen molar-refractivity contribution in [3.63, 3.8) is 0 Å². The van der Waals surface area contributed by atoms with E-state index in [4.69, 9.17) is 14.2 Å². The molecule has 112 valence electrons. The average molecular weight is 280 g/mol. The number of hydrogen-bond donors (Lipinski definition) is 1. The first-order valence-corrected chi connectivity index (χ1v) is 6.89. The van der Waals surface area contributed by atoms with Crippen LogP contribution in [0.1, 0.15) is 45.3 Å². The van der Waals surface area contributed by atoms with Gasteiger partial charge in [-0.1, -0.05) is 0 Å². The molecule has 1 aliphatic rings. The van der Waals surface area contributed by atoms with Gasteiger partial charge in [0.1, 0.15) is 17.1 Å². The molecule has 1 heterocycles. The first-order valence-electron chi connectivity index (χ1n) is 6.89. The van der Waals surface area contributed by atoms with Gasteiger partial charge in [0, 0.05) is 25.5 Å². The highest BCUT2D eigenvalue weighted by molar-refractivity contribution is 5.43. The van der Waals surface area contributed by atoms with Gasteiger partial charge in [-0.3, -0.25) is 0 Å². The van der Waals surface area contributed by atoms with E-state index in [-0.39, 0.29) is 5.60 Å². The van der Waals surface area contributed by atoms with Crippen LogP contribution in [0.15, 0.2) is 18.2 Å². The van der Waals surface area contributed by atoms with Crippen LogP contribution in [0.2, 0.25) is 0 Å². The minimum absolute atomic E-state index is 0.293. The van der Waals surface area contributed by atoms with Crippen molar-refractivity contribution in [2.24, 2.45) is 0 Å². The first kappa shape index (κ1) is 15.1. The Bertz CT molecular complexity index is 483. The maximum absolute atomic E-state index is 10.4. The van der Waals surface area contributed by atoms with Crippen LogP contribution in [-0.4, -0.2) is 30.5 Å². The van der Waals surface area contributed by atoms with E-state index in [1.54, 1.807) is 14.2 Å². The number of fused-ring (bicyclic) bond motifs is 1. The second-order valence-corrected chi connectivity index (χ2v) is 6.32. The fourth-order valence-electron chi connectivity index (χ4n) is 2.91. The Hall–Kier alpha value is -1.26. The van der Waals surface area contributed by atoms with Gasteiger partial charge < -0.3 is 19.3 Å². The van der Waals surface area contributed by atoms with Crippen LogP contribution in [0.3, 0.4) is 0 Å². The van der Waals surface area contributed by atoms with Crippen molar-refractivity contribution in [1.82, 2.24) is 0 Å². The molecule has 2 rings (SSSR count). The Balaban J connectivity index is 2.27. The summed E-state index contributed by atoms with van der Waals surface area (Å²) < 4.78 is 16.8. The lowest BCUT2D eigenvalue weighted by Crippen LogP contribution is -2.44. The molecule has 0 fully saturated rings. The molecule has 4 nitrogen and oxygen atoms in total. The van der Waals surface area contributed by atoms with E-state index < -0.39 is 11.7 Å². The van der Waals surface area contributed by atoms with E-state index in [1.807, 2.05) is 39.0 Å². The molecule has 0 bridgehead atoms. The second kappa shape index (κ2) is 5.26. The summed E-state index contributed by atoms with van der Waals surface area (Å²) >= 11 is 0. The highest BCUT2D eigenvalue weighted by Crippen LogP contribution is 2.44. The lowest BCUT2D eigenvalue weighted by Gasteiger charge is -2.42. The molecule has 0 amide bonds. The molecule has 20 heavy (non-hydrogen) atoms. The molecule has 0 saturated heterocycles. The average Bonchev–Trinajstić information content (AvgIpc) is 2.37. The summed E-state index contributed by atoms with van der Waals surface area (Å²) in [5, 5.41) is 10.4. The molecule has 1 aromatic rings. The van der Waals surface area contributed by atoms with Gasteiger partial charge in [0.25, 0.3) is 0 Å². The highest BCUT2D eigenvalue weighted by atomic mass is 16.5. The molecule has 0 saturated carbocycles. The van der Waals surface area contributed by atoms with Gasteiger partial charge in [-0.25, -0.2) is 0 Å². The molecular formula is C16H24O4. The topological polar surface area (TPSA) is 47.9 Å². The van der Waals surface area contributed by atoms with E-state index >= 15 is 0 Å². The highest BCUT2D eigenvalue weighted by Gasteiger charge is 2.41. The van der Waals surface area contributed by atoms with Crippen molar-refractivity contribution in [3.05, 3.63) is 23.8 Å². The third-order valence-corrected chi connectivity index (χ3v) is 3.91. The molecule has 1 N–H and O–H groups in total. The molecule has 0 spiro atoms. The Morgan fingerprint density at radius 1 is 1.40 bits per heavy atom. The van der Waals surface area contributed by atoms with Gasteiger partial charge in [-0.05, 0) is 39.0 Å². The number of rotatable bonds is 4. The Kier molecular flexibility index (Phi) is 3.98. The first-order chi connectivity index (χ1) is 9.28. The van der Waals surface area contributed by atoms with Crippen LogP contribution in [-0.2, 0) is 4.74 Å². The molecule has 0 aromatic heterocycles. The summed E-state index contributed by atoms with van der Waals surface area (Å²) in [6, 6.07) is 5.54. The smallest absolute Gasteiger partial charge is 0.126 e. The summed E-state index contributed by atoms with van der Waals surface area (Å²) in [4.78, 5) is 0. The van der Waals surface area contributed by atoms with Crippen LogP contribution >= 0.6 is 0 Å². The fourth-order valence-corrected chi connectivity index (χ4v) is 2.91. The van der Waals surface area contributed by atoms with Crippen molar-refractivity contribution < 1.29 is 19.3 Å². The quantitative estimate of drug-likeness (QED) is 0.920. The standard InChI is InChI=1S/C16H24O4/c1-15(2,19-5)10-16(3)9-13(17)12-8-11(18-4)6-7-14(12)20-16/h6-8,13,17H,9-10H2,1-5H3/t13-,16?/m0/s1. The summed E-state index contributed by atoms with van der Waals surface area (Å²) in [6.07, 6.45) is 0.699. The molecule has 1 aromatic carbocycles. The van der Waals surface area contributed by atoms with Crippen molar-refractivity contribution in [2.45, 2.75) is 50.9 Å². The van der Waals surface area contributed by atoms with Crippen LogP contribution in [0, 0.1) is 0 Å². The maximum atomic E-state index is 10.4. The van der Waals surface area contributed by atoms with Gasteiger partial charge in [-0.2, -0.15) is 0 Å². The fraction of sp³-hybridized carbons (Fsp3) is 0.625. The van der Waals surface area contributed by atoms with Crippen LogP contribution < -0.4 is 9.47 Å². The Labute approximate surface area is 120 Å². The van der Waals surface area contributed by atoms with Crippen LogP contribution in [0.25, 0.3) is 0 Å². The maximum Gasteiger partial charge on any atom is 0.126 e. The SMILES string of the molecule is COc1ccc2c(c1)[C@@H](O)CC(C)(CC(C)(C)OC)O2. The molecular weight excluding hydrogens is 256 g/mol. The van der Waals surface area contributed by atoms with Crippen molar-refractivity contribution in [2.75, 3.05) is 14.2 Å². The largest absolute Gasteiger partial charge is 0.497 e. The van der Waals surface area contributed by atoms with Gasteiger partial charge in [-0.15, -0.1) is 0 Å². The number of aliphatic hydroxyl groups is 1. The molecule has 0 radical (unpaired) electrons. The zero-order valence-electron chi connectivity index (χ0n) is 12.9. The van der Waals surface area contributed by atoms with E-state index in [9.17, 15) is 5.11 Å². The molecule has 1 unspecified atom stereocenters. The molecule has 0 aliphatic carbocycles. The molecule has 2 atom stereocenters. The van der Waals surface area contributed by atoms with E-state index in [2.05, 4.69) is 0 Å². The zero-order chi connectivity index (χ0) is 15.0. The number of ether oxygens (including phenoxy) is 3. The summed E-state index contributed by atoms with van der Waals surface area (Å²) in [6.45, 7) is 6.07. The lowest BCUT2D eigenvalue weighted by molar-refractivity contribution is -0.0747. The number of benzene rings is 1. The number of hydrogen-bond acceptors (Lipinski definition) is 4. The number of aliphatic hydroxyl groups excluding tert-OH is 1. The summed E-state index contributed by atoms with van der Waals surface area (Å²) in [5.74, 6) is 1.45. The predicted molar refractivity (Wildman–Crippen MR) is 77.3 cm³/mol. The van der Waals surface area contributed by atoms with Crippen molar-refractivity contribution >= 4 is 0 Å². The minimum atomic E-state index is -0.550.